The number of hydrogen-bond donors (Lipinski definition) is 1. The minimum absolute atomic E-state index is 0.0158. The zero-order valence-corrected chi connectivity index (χ0v) is 12.0. The molecule has 0 heterocycles. The van der Waals surface area contributed by atoms with Crippen LogP contribution in [-0.2, 0) is 11.0 Å². The third-order valence-corrected chi connectivity index (χ3v) is 4.07. The van der Waals surface area contributed by atoms with Crippen molar-refractivity contribution in [3.05, 3.63) is 35.4 Å². The van der Waals surface area contributed by atoms with Crippen LogP contribution < -0.4 is 5.32 Å². The summed E-state index contributed by atoms with van der Waals surface area (Å²) in [5.74, 6) is 0.0674. The van der Waals surface area contributed by atoms with Gasteiger partial charge >= 0.3 is 6.18 Å². The van der Waals surface area contributed by atoms with E-state index in [9.17, 15) is 18.0 Å². The molecule has 21 heavy (non-hydrogen) atoms. The van der Waals surface area contributed by atoms with Crippen molar-refractivity contribution >= 4 is 5.91 Å². The van der Waals surface area contributed by atoms with Crippen LogP contribution in [0.15, 0.2) is 24.3 Å². The second kappa shape index (κ2) is 6.50. The molecule has 5 heteroatoms. The van der Waals surface area contributed by atoms with E-state index in [0.717, 1.165) is 37.8 Å². The Hall–Kier alpha value is -1.52. The summed E-state index contributed by atoms with van der Waals surface area (Å²) in [5, 5.41) is 2.90. The predicted molar refractivity (Wildman–Crippen MR) is 74.6 cm³/mol. The van der Waals surface area contributed by atoms with Crippen molar-refractivity contribution < 1.29 is 18.0 Å². The quantitative estimate of drug-likeness (QED) is 0.877. The molecular weight excluding hydrogens is 279 g/mol. The molecule has 1 aliphatic carbocycles. The predicted octanol–water partition coefficient (Wildman–Crippen LogP) is 4.46. The van der Waals surface area contributed by atoms with E-state index in [1.165, 1.54) is 18.6 Å². The third kappa shape index (κ3) is 4.22. The fourth-order valence-corrected chi connectivity index (χ4v) is 2.74. The summed E-state index contributed by atoms with van der Waals surface area (Å²) < 4.78 is 37.5. The highest BCUT2D eigenvalue weighted by Crippen LogP contribution is 2.30. The lowest BCUT2D eigenvalue weighted by molar-refractivity contribution is -0.137. The van der Waals surface area contributed by atoms with Crippen LogP contribution in [0.2, 0.25) is 0 Å². The first-order valence-electron chi connectivity index (χ1n) is 7.35. The summed E-state index contributed by atoms with van der Waals surface area (Å²) >= 11 is 0. The highest BCUT2D eigenvalue weighted by atomic mass is 19.4. The van der Waals surface area contributed by atoms with Crippen LogP contribution >= 0.6 is 0 Å². The summed E-state index contributed by atoms with van der Waals surface area (Å²) in [5.41, 5.74) is 0.0178. The molecule has 1 aromatic rings. The molecule has 1 fully saturated rings. The van der Waals surface area contributed by atoms with E-state index in [2.05, 4.69) is 5.32 Å². The Morgan fingerprint density at radius 1 is 1.14 bits per heavy atom. The molecule has 2 nitrogen and oxygen atoms in total. The number of amides is 1. The molecule has 1 aliphatic rings. The third-order valence-electron chi connectivity index (χ3n) is 4.07. The fourth-order valence-electron chi connectivity index (χ4n) is 2.74. The lowest BCUT2D eigenvalue weighted by atomic mass is 9.88. The van der Waals surface area contributed by atoms with E-state index in [1.54, 1.807) is 6.92 Å². The van der Waals surface area contributed by atoms with Gasteiger partial charge in [0.25, 0.3) is 0 Å². The van der Waals surface area contributed by atoms with Gasteiger partial charge in [0.15, 0.2) is 0 Å². The smallest absolute Gasteiger partial charge is 0.349 e. The maximum atomic E-state index is 12.5. The molecule has 0 aromatic heterocycles. The van der Waals surface area contributed by atoms with E-state index >= 15 is 0 Å². The van der Waals surface area contributed by atoms with Crippen molar-refractivity contribution in [2.75, 3.05) is 0 Å². The molecule has 0 radical (unpaired) electrons. The normalized spacial score (nSPS) is 18.3. The van der Waals surface area contributed by atoms with E-state index in [-0.39, 0.29) is 17.9 Å². The van der Waals surface area contributed by atoms with Gasteiger partial charge in [-0.2, -0.15) is 13.2 Å². The molecule has 0 aliphatic heterocycles. The number of rotatable bonds is 3. The van der Waals surface area contributed by atoms with E-state index in [0.29, 0.717) is 5.56 Å². The molecule has 116 valence electrons. The highest BCUT2D eigenvalue weighted by Gasteiger charge is 2.30. The number of carbonyl (C=O) groups is 1. The Morgan fingerprint density at radius 2 is 1.71 bits per heavy atom. The number of nitrogens with one attached hydrogen (secondary N) is 1. The fraction of sp³-hybridized carbons (Fsp3) is 0.562. The minimum atomic E-state index is -4.33. The van der Waals surface area contributed by atoms with E-state index in [4.69, 9.17) is 0 Å². The summed E-state index contributed by atoms with van der Waals surface area (Å²) in [6.07, 6.45) is 0.821. The lowest BCUT2D eigenvalue weighted by Gasteiger charge is -2.23. The van der Waals surface area contributed by atoms with Gasteiger partial charge in [0.1, 0.15) is 0 Å². The van der Waals surface area contributed by atoms with Crippen LogP contribution in [0.1, 0.15) is 56.2 Å². The molecule has 0 spiro atoms. The molecule has 0 saturated heterocycles. The Balaban J connectivity index is 1.96. The number of alkyl halides is 3. The molecule has 1 aromatic carbocycles. The van der Waals surface area contributed by atoms with Crippen molar-refractivity contribution in [2.24, 2.45) is 5.92 Å². The van der Waals surface area contributed by atoms with Crippen molar-refractivity contribution in [1.29, 1.82) is 0 Å². The standard InChI is InChI=1S/C16H20F3NO/c1-11(20-15(21)13-5-3-2-4-6-13)12-7-9-14(10-8-12)16(17,18)19/h7-11,13H,2-6H2,1H3,(H,20,21)/t11-/m0/s1. The second-order valence-corrected chi connectivity index (χ2v) is 5.68. The minimum Gasteiger partial charge on any atom is -0.349 e. The zero-order chi connectivity index (χ0) is 15.5. The lowest BCUT2D eigenvalue weighted by Crippen LogP contribution is -2.33. The van der Waals surface area contributed by atoms with Crippen LogP contribution in [0.25, 0.3) is 0 Å². The van der Waals surface area contributed by atoms with Crippen molar-refractivity contribution in [3.8, 4) is 0 Å². The van der Waals surface area contributed by atoms with Gasteiger partial charge in [0, 0.05) is 5.92 Å². The molecule has 0 bridgehead atoms. The monoisotopic (exact) mass is 299 g/mol. The molecule has 2 rings (SSSR count). The summed E-state index contributed by atoms with van der Waals surface area (Å²) in [6, 6.07) is 4.68. The number of hydrogen-bond acceptors (Lipinski definition) is 1. The first kappa shape index (κ1) is 15.9. The molecule has 1 atom stereocenters. The molecule has 1 saturated carbocycles. The van der Waals surface area contributed by atoms with Gasteiger partial charge in [-0.1, -0.05) is 31.4 Å². The van der Waals surface area contributed by atoms with Gasteiger partial charge in [0.05, 0.1) is 11.6 Å². The van der Waals surface area contributed by atoms with Crippen LogP contribution in [0.5, 0.6) is 0 Å². The topological polar surface area (TPSA) is 29.1 Å². The summed E-state index contributed by atoms with van der Waals surface area (Å²) in [6.45, 7) is 1.79. The van der Waals surface area contributed by atoms with Crippen LogP contribution in [0, 0.1) is 5.92 Å². The largest absolute Gasteiger partial charge is 0.416 e. The average molecular weight is 299 g/mol. The SMILES string of the molecule is C[C@H](NC(=O)C1CCCCC1)c1ccc(C(F)(F)F)cc1. The Kier molecular flexibility index (Phi) is 4.91. The summed E-state index contributed by atoms with van der Waals surface area (Å²) in [7, 11) is 0. The highest BCUT2D eigenvalue weighted by molar-refractivity contribution is 5.79. The number of benzene rings is 1. The van der Waals surface area contributed by atoms with Gasteiger partial charge in [-0.05, 0) is 37.5 Å². The maximum absolute atomic E-state index is 12.5. The second-order valence-electron chi connectivity index (χ2n) is 5.68. The van der Waals surface area contributed by atoms with Crippen LogP contribution in [-0.4, -0.2) is 5.91 Å². The van der Waals surface area contributed by atoms with Gasteiger partial charge in [-0.3, -0.25) is 4.79 Å². The Labute approximate surface area is 122 Å². The van der Waals surface area contributed by atoms with Gasteiger partial charge in [-0.25, -0.2) is 0 Å². The number of halogens is 3. The Bertz CT molecular complexity index is 475. The summed E-state index contributed by atoms with van der Waals surface area (Å²) in [4.78, 5) is 12.1. The van der Waals surface area contributed by atoms with E-state index < -0.39 is 11.7 Å². The number of carbonyl (C=O) groups excluding carboxylic acids is 1. The Morgan fingerprint density at radius 3 is 2.24 bits per heavy atom. The van der Waals surface area contributed by atoms with Gasteiger partial charge in [0.2, 0.25) is 5.91 Å². The first-order valence-corrected chi connectivity index (χ1v) is 7.35. The molecular formula is C16H20F3NO. The molecule has 0 unspecified atom stereocenters. The molecule has 1 N–H and O–H groups in total. The maximum Gasteiger partial charge on any atom is 0.416 e. The van der Waals surface area contributed by atoms with Crippen LogP contribution in [0.3, 0.4) is 0 Å². The van der Waals surface area contributed by atoms with Gasteiger partial charge < -0.3 is 5.32 Å². The van der Waals surface area contributed by atoms with E-state index in [1.807, 2.05) is 0 Å². The van der Waals surface area contributed by atoms with Crippen molar-refractivity contribution in [2.45, 2.75) is 51.2 Å². The van der Waals surface area contributed by atoms with Crippen molar-refractivity contribution in [1.82, 2.24) is 5.32 Å². The zero-order valence-electron chi connectivity index (χ0n) is 12.0. The first-order chi connectivity index (χ1) is 9.88. The molecule has 1 amide bonds. The van der Waals surface area contributed by atoms with Crippen molar-refractivity contribution in [3.63, 3.8) is 0 Å². The van der Waals surface area contributed by atoms with Gasteiger partial charge in [-0.15, -0.1) is 0 Å². The van der Waals surface area contributed by atoms with Crippen LogP contribution in [0.4, 0.5) is 13.2 Å². The average Bonchev–Trinajstić information content (AvgIpc) is 2.47.